The zero-order valence-corrected chi connectivity index (χ0v) is 40.9. The minimum Gasteiger partial charge on any atom is -0.462 e. The molecule has 1 amide bonds. The maximum absolute atomic E-state index is 13.2. The second-order valence-electron chi connectivity index (χ2n) is 19.0. The summed E-state index contributed by atoms with van der Waals surface area (Å²) in [6.45, 7) is 6.51. The Labute approximate surface area is 375 Å². The van der Waals surface area contributed by atoms with Crippen LogP contribution in [0.5, 0.6) is 0 Å². The number of aliphatic hydroxyl groups is 2. The molecule has 0 saturated carbocycles. The fourth-order valence-electron chi connectivity index (χ4n) is 8.79. The SMILES string of the molecule is CCCCCCCCCCCCCCCCCCCC(O)C(CO)NC(=O)CC(CCCCCCCCCCC)OC(=O)CCCCCCCCCCCCCCCCC. The predicted octanol–water partition coefficient (Wildman–Crippen LogP) is 16.4. The number of unbranched alkanes of at least 4 members (excludes halogenated alkanes) is 38. The lowest BCUT2D eigenvalue weighted by Gasteiger charge is -2.24. The maximum Gasteiger partial charge on any atom is 0.306 e. The molecular weight excluding hydrogens is 743 g/mol. The van der Waals surface area contributed by atoms with Gasteiger partial charge in [0, 0.05) is 6.42 Å². The van der Waals surface area contributed by atoms with Crippen molar-refractivity contribution in [2.24, 2.45) is 0 Å². The Bertz CT molecular complexity index is 867. The number of nitrogens with one attached hydrogen (secondary N) is 1. The van der Waals surface area contributed by atoms with Crippen molar-refractivity contribution >= 4 is 11.9 Å². The lowest BCUT2D eigenvalue weighted by Crippen LogP contribution is -2.46. The van der Waals surface area contributed by atoms with Crippen LogP contribution in [0.25, 0.3) is 0 Å². The number of carbonyl (C=O) groups is 2. The molecule has 3 unspecified atom stereocenters. The molecule has 60 heavy (non-hydrogen) atoms. The molecule has 0 spiro atoms. The van der Waals surface area contributed by atoms with Gasteiger partial charge in [0.1, 0.15) is 6.10 Å². The van der Waals surface area contributed by atoms with Gasteiger partial charge in [0.05, 0.1) is 25.2 Å². The summed E-state index contributed by atoms with van der Waals surface area (Å²) in [5.41, 5.74) is 0. The average Bonchev–Trinajstić information content (AvgIpc) is 3.24. The number of amides is 1. The number of ether oxygens (including phenoxy) is 1. The van der Waals surface area contributed by atoms with Crippen molar-refractivity contribution in [3.05, 3.63) is 0 Å². The number of rotatable bonds is 50. The van der Waals surface area contributed by atoms with Gasteiger partial charge in [-0.2, -0.15) is 0 Å². The van der Waals surface area contributed by atoms with E-state index in [-0.39, 0.29) is 24.9 Å². The van der Waals surface area contributed by atoms with E-state index in [1.54, 1.807) is 0 Å². The van der Waals surface area contributed by atoms with Crippen LogP contribution in [0.4, 0.5) is 0 Å². The van der Waals surface area contributed by atoms with E-state index in [1.165, 1.54) is 225 Å². The summed E-state index contributed by atoms with van der Waals surface area (Å²) in [6.07, 6.45) is 53.1. The largest absolute Gasteiger partial charge is 0.462 e. The van der Waals surface area contributed by atoms with Crippen molar-refractivity contribution in [1.29, 1.82) is 0 Å². The van der Waals surface area contributed by atoms with Crippen LogP contribution in [-0.2, 0) is 14.3 Å². The molecule has 0 aromatic heterocycles. The first kappa shape index (κ1) is 58.9. The Morgan fingerprint density at radius 2 is 0.700 bits per heavy atom. The number of esters is 1. The highest BCUT2D eigenvalue weighted by molar-refractivity contribution is 5.77. The molecule has 6 nitrogen and oxygen atoms in total. The van der Waals surface area contributed by atoms with Crippen LogP contribution in [0.2, 0.25) is 0 Å². The van der Waals surface area contributed by atoms with Gasteiger partial charge >= 0.3 is 5.97 Å². The zero-order chi connectivity index (χ0) is 43.8. The second kappa shape index (κ2) is 48.9. The standard InChI is InChI=1S/C54H107NO5/c1-4-7-10-13-16-19-21-23-25-26-28-29-31-34-37-40-43-46-52(57)51(49-56)55-53(58)48-50(45-42-39-36-33-18-15-12-9-6-3)60-54(59)47-44-41-38-35-32-30-27-24-22-20-17-14-11-8-5-2/h50-52,56-57H,4-49H2,1-3H3,(H,55,58). The summed E-state index contributed by atoms with van der Waals surface area (Å²) in [5, 5.41) is 23.8. The normalized spacial score (nSPS) is 13.1. The van der Waals surface area contributed by atoms with Crippen LogP contribution in [0.1, 0.15) is 310 Å². The van der Waals surface area contributed by atoms with E-state index >= 15 is 0 Å². The summed E-state index contributed by atoms with van der Waals surface area (Å²) < 4.78 is 5.93. The minimum absolute atomic E-state index is 0.0873. The molecule has 3 N–H and O–H groups in total. The molecule has 0 aliphatic heterocycles. The summed E-state index contributed by atoms with van der Waals surface area (Å²) in [5.74, 6) is -0.452. The first-order valence-electron chi connectivity index (χ1n) is 27.3. The van der Waals surface area contributed by atoms with Crippen LogP contribution in [0.15, 0.2) is 0 Å². The Morgan fingerprint density at radius 3 is 1.02 bits per heavy atom. The van der Waals surface area contributed by atoms with Crippen LogP contribution in [0, 0.1) is 0 Å². The van der Waals surface area contributed by atoms with Crippen LogP contribution < -0.4 is 5.32 Å². The molecule has 0 aromatic rings. The molecule has 0 saturated heterocycles. The quantitative estimate of drug-likeness (QED) is 0.0419. The monoisotopic (exact) mass is 850 g/mol. The van der Waals surface area contributed by atoms with Crippen molar-refractivity contribution < 1.29 is 24.5 Å². The molecule has 0 radical (unpaired) electrons. The molecule has 0 aliphatic rings. The Kier molecular flexibility index (Phi) is 48.0. The van der Waals surface area contributed by atoms with E-state index in [0.29, 0.717) is 19.3 Å². The highest BCUT2D eigenvalue weighted by Crippen LogP contribution is 2.19. The van der Waals surface area contributed by atoms with Gasteiger partial charge in [-0.15, -0.1) is 0 Å². The second-order valence-corrected chi connectivity index (χ2v) is 19.0. The molecule has 0 aromatic carbocycles. The van der Waals surface area contributed by atoms with Gasteiger partial charge in [0.2, 0.25) is 5.91 Å². The average molecular weight is 850 g/mol. The van der Waals surface area contributed by atoms with Crippen molar-refractivity contribution in [3.63, 3.8) is 0 Å². The summed E-state index contributed by atoms with van der Waals surface area (Å²) in [7, 11) is 0. The van der Waals surface area contributed by atoms with Crippen LogP contribution in [0.3, 0.4) is 0 Å². The van der Waals surface area contributed by atoms with Crippen molar-refractivity contribution in [1.82, 2.24) is 5.32 Å². The molecule has 3 atom stereocenters. The third-order valence-corrected chi connectivity index (χ3v) is 12.9. The number of hydrogen-bond donors (Lipinski definition) is 3. The van der Waals surface area contributed by atoms with Gasteiger partial charge in [-0.05, 0) is 25.7 Å². The van der Waals surface area contributed by atoms with Crippen molar-refractivity contribution in [2.75, 3.05) is 6.61 Å². The molecule has 0 heterocycles. The van der Waals surface area contributed by atoms with Crippen LogP contribution in [-0.4, -0.2) is 46.9 Å². The van der Waals surface area contributed by atoms with E-state index < -0.39 is 18.2 Å². The van der Waals surface area contributed by atoms with Gasteiger partial charge in [0.15, 0.2) is 0 Å². The van der Waals surface area contributed by atoms with E-state index in [0.717, 1.165) is 38.5 Å². The van der Waals surface area contributed by atoms with Gasteiger partial charge < -0.3 is 20.3 Å². The third kappa shape index (κ3) is 43.5. The fraction of sp³-hybridized carbons (Fsp3) is 0.963. The lowest BCUT2D eigenvalue weighted by atomic mass is 10.0. The van der Waals surface area contributed by atoms with Crippen LogP contribution >= 0.6 is 0 Å². The molecule has 0 fully saturated rings. The van der Waals surface area contributed by atoms with E-state index in [4.69, 9.17) is 4.74 Å². The third-order valence-electron chi connectivity index (χ3n) is 12.9. The Balaban J connectivity index is 4.35. The minimum atomic E-state index is -0.779. The first-order valence-corrected chi connectivity index (χ1v) is 27.3. The first-order chi connectivity index (χ1) is 29.5. The van der Waals surface area contributed by atoms with E-state index in [9.17, 15) is 19.8 Å². The number of hydrogen-bond acceptors (Lipinski definition) is 5. The highest BCUT2D eigenvalue weighted by Gasteiger charge is 2.24. The van der Waals surface area contributed by atoms with Gasteiger partial charge in [-0.25, -0.2) is 0 Å². The molecule has 358 valence electrons. The molecular formula is C54H107NO5. The number of aliphatic hydroxyl groups excluding tert-OH is 2. The van der Waals surface area contributed by atoms with E-state index in [2.05, 4.69) is 26.1 Å². The van der Waals surface area contributed by atoms with Crippen molar-refractivity contribution in [2.45, 2.75) is 328 Å². The summed E-state index contributed by atoms with van der Waals surface area (Å²) >= 11 is 0. The predicted molar refractivity (Wildman–Crippen MR) is 260 cm³/mol. The topological polar surface area (TPSA) is 95.9 Å². The van der Waals surface area contributed by atoms with Gasteiger partial charge in [0.25, 0.3) is 0 Å². The Hall–Kier alpha value is -1.14. The highest BCUT2D eigenvalue weighted by atomic mass is 16.5. The fourth-order valence-corrected chi connectivity index (χ4v) is 8.79. The number of carbonyl (C=O) groups excluding carboxylic acids is 2. The molecule has 0 bridgehead atoms. The molecule has 0 aliphatic carbocycles. The van der Waals surface area contributed by atoms with Gasteiger partial charge in [-0.1, -0.05) is 271 Å². The smallest absolute Gasteiger partial charge is 0.306 e. The maximum atomic E-state index is 13.2. The Morgan fingerprint density at radius 1 is 0.417 bits per heavy atom. The van der Waals surface area contributed by atoms with Gasteiger partial charge in [-0.3, -0.25) is 9.59 Å². The molecule has 0 rings (SSSR count). The zero-order valence-electron chi connectivity index (χ0n) is 40.9. The molecule has 6 heteroatoms. The van der Waals surface area contributed by atoms with Crippen molar-refractivity contribution in [3.8, 4) is 0 Å². The van der Waals surface area contributed by atoms with E-state index in [1.807, 2.05) is 0 Å². The summed E-state index contributed by atoms with van der Waals surface area (Å²) in [6, 6.07) is -0.692. The lowest BCUT2D eigenvalue weighted by molar-refractivity contribution is -0.151. The summed E-state index contributed by atoms with van der Waals surface area (Å²) in [4.78, 5) is 26.1.